The zero-order valence-electron chi connectivity index (χ0n) is 13.7. The van der Waals surface area contributed by atoms with Crippen molar-refractivity contribution in [1.29, 1.82) is 10.8 Å². The number of ether oxygens (including phenoxy) is 2. The van der Waals surface area contributed by atoms with Crippen LogP contribution in [0.15, 0.2) is 30.5 Å². The smallest absolute Gasteiger partial charge is 0.489 e. The Hall–Kier alpha value is -2.00. The number of benzene rings is 1. The van der Waals surface area contributed by atoms with E-state index in [1.165, 1.54) is 10.6 Å². The third-order valence-corrected chi connectivity index (χ3v) is 4.51. The minimum Gasteiger partial charge on any atom is -0.489 e. The summed E-state index contributed by atoms with van der Waals surface area (Å²) in [7, 11) is 0. The molecule has 1 saturated carbocycles. The molecule has 0 saturated heterocycles. The predicted molar refractivity (Wildman–Crippen MR) is 96.8 cm³/mol. The second kappa shape index (κ2) is 7.55. The molecule has 1 heterocycles. The SMILES string of the molecule is N=C(Br)n1cc(C2CC2)c(COc2cc(Cl)cc(OC(F)(F)F)c2)cc1=N. The van der Waals surface area contributed by atoms with E-state index in [9.17, 15) is 13.2 Å². The first-order valence-electron chi connectivity index (χ1n) is 7.86. The molecule has 2 aromatic rings. The molecule has 1 fully saturated rings. The van der Waals surface area contributed by atoms with E-state index in [2.05, 4.69) is 20.7 Å². The molecule has 1 aliphatic rings. The third kappa shape index (κ3) is 5.26. The standard InChI is InChI=1S/C17H14BrClF3N3O2/c18-16(24)25-7-14(9-1-2-9)10(3-15(25)23)8-26-12-4-11(19)5-13(6-12)27-17(20,21)22/h3-7,9,23-24H,1-2,8H2. The molecule has 0 unspecified atom stereocenters. The van der Waals surface area contributed by atoms with Gasteiger partial charge in [0.1, 0.15) is 23.6 Å². The highest BCUT2D eigenvalue weighted by atomic mass is 79.9. The van der Waals surface area contributed by atoms with Gasteiger partial charge in [-0.15, -0.1) is 13.2 Å². The summed E-state index contributed by atoms with van der Waals surface area (Å²) < 4.78 is 48.1. The molecule has 1 aromatic heterocycles. The summed E-state index contributed by atoms with van der Waals surface area (Å²) in [6.07, 6.45) is -1.11. The summed E-state index contributed by atoms with van der Waals surface area (Å²) in [5.41, 5.74) is 1.78. The Morgan fingerprint density at radius 2 is 1.89 bits per heavy atom. The van der Waals surface area contributed by atoms with E-state index in [0.717, 1.165) is 36.1 Å². The molecule has 1 aliphatic carbocycles. The van der Waals surface area contributed by atoms with Crippen LogP contribution < -0.4 is 15.0 Å². The van der Waals surface area contributed by atoms with Gasteiger partial charge in [-0.25, -0.2) is 0 Å². The summed E-state index contributed by atoms with van der Waals surface area (Å²) >= 11 is 8.90. The number of hydrogen-bond acceptors (Lipinski definition) is 4. The van der Waals surface area contributed by atoms with Crippen molar-refractivity contribution in [1.82, 2.24) is 4.57 Å². The lowest BCUT2D eigenvalue weighted by Gasteiger charge is -2.15. The molecule has 144 valence electrons. The number of nitrogens with zero attached hydrogens (tertiary/aromatic N) is 1. The van der Waals surface area contributed by atoms with E-state index < -0.39 is 12.1 Å². The van der Waals surface area contributed by atoms with Crippen molar-refractivity contribution in [3.63, 3.8) is 0 Å². The van der Waals surface area contributed by atoms with Crippen molar-refractivity contribution < 1.29 is 22.6 Å². The van der Waals surface area contributed by atoms with Gasteiger partial charge < -0.3 is 9.47 Å². The van der Waals surface area contributed by atoms with Crippen molar-refractivity contribution in [2.24, 2.45) is 0 Å². The highest BCUT2D eigenvalue weighted by Crippen LogP contribution is 2.41. The van der Waals surface area contributed by atoms with E-state index >= 15 is 0 Å². The predicted octanol–water partition coefficient (Wildman–Crippen LogP) is 5.15. The number of hydrogen-bond donors (Lipinski definition) is 2. The average molecular weight is 465 g/mol. The fraction of sp³-hybridized carbons (Fsp3) is 0.294. The number of rotatable bonds is 5. The molecule has 0 spiro atoms. The summed E-state index contributed by atoms with van der Waals surface area (Å²) in [5.74, 6) is -0.0157. The van der Waals surface area contributed by atoms with Gasteiger partial charge in [-0.3, -0.25) is 15.4 Å². The van der Waals surface area contributed by atoms with Crippen LogP contribution in [0.3, 0.4) is 0 Å². The first-order chi connectivity index (χ1) is 12.6. The molecule has 2 N–H and O–H groups in total. The molecule has 27 heavy (non-hydrogen) atoms. The lowest BCUT2D eigenvalue weighted by molar-refractivity contribution is -0.274. The Morgan fingerprint density at radius 3 is 2.48 bits per heavy atom. The second-order valence-electron chi connectivity index (χ2n) is 6.03. The maximum absolute atomic E-state index is 12.4. The van der Waals surface area contributed by atoms with E-state index in [1.54, 1.807) is 12.3 Å². The van der Waals surface area contributed by atoms with Crippen molar-refractivity contribution in [2.75, 3.05) is 0 Å². The zero-order valence-corrected chi connectivity index (χ0v) is 16.1. The maximum atomic E-state index is 12.4. The van der Waals surface area contributed by atoms with Crippen LogP contribution in [-0.4, -0.2) is 15.7 Å². The summed E-state index contributed by atoms with van der Waals surface area (Å²) in [6.45, 7) is 0.0555. The molecule has 0 radical (unpaired) electrons. The molecule has 5 nitrogen and oxygen atoms in total. The van der Waals surface area contributed by atoms with E-state index in [0.29, 0.717) is 5.92 Å². The molecule has 1 aromatic carbocycles. The second-order valence-corrected chi connectivity index (χ2v) is 7.22. The van der Waals surface area contributed by atoms with E-state index in [-0.39, 0.29) is 27.6 Å². The van der Waals surface area contributed by atoms with Crippen LogP contribution in [0.4, 0.5) is 13.2 Å². The van der Waals surface area contributed by atoms with Gasteiger partial charge in [0.25, 0.3) is 0 Å². The first-order valence-corrected chi connectivity index (χ1v) is 9.03. The highest BCUT2D eigenvalue weighted by molar-refractivity contribution is 9.18. The topological polar surface area (TPSA) is 71.1 Å². The molecule has 0 bridgehead atoms. The Morgan fingerprint density at radius 1 is 1.22 bits per heavy atom. The Kier molecular flexibility index (Phi) is 5.53. The number of nitrogens with one attached hydrogen (secondary N) is 2. The van der Waals surface area contributed by atoms with Gasteiger partial charge in [0.2, 0.25) is 0 Å². The van der Waals surface area contributed by atoms with Gasteiger partial charge >= 0.3 is 6.36 Å². The number of aromatic nitrogens is 1. The van der Waals surface area contributed by atoms with Gasteiger partial charge in [0, 0.05) is 17.3 Å². The zero-order chi connectivity index (χ0) is 19.8. The van der Waals surface area contributed by atoms with Gasteiger partial charge in [-0.1, -0.05) is 11.6 Å². The van der Waals surface area contributed by atoms with Crippen LogP contribution in [0.25, 0.3) is 0 Å². The molecule has 0 atom stereocenters. The highest BCUT2D eigenvalue weighted by Gasteiger charge is 2.31. The first kappa shape index (κ1) is 19.8. The van der Waals surface area contributed by atoms with Crippen LogP contribution in [-0.2, 0) is 6.61 Å². The van der Waals surface area contributed by atoms with Crippen LogP contribution in [0, 0.1) is 10.8 Å². The van der Waals surface area contributed by atoms with Crippen molar-refractivity contribution in [2.45, 2.75) is 31.7 Å². The van der Waals surface area contributed by atoms with Gasteiger partial charge in [-0.05, 0) is 64.0 Å². The molecule has 0 amide bonds. The largest absolute Gasteiger partial charge is 0.573 e. The number of alkyl halides is 3. The Balaban J connectivity index is 1.84. The minimum absolute atomic E-state index is 0.0469. The van der Waals surface area contributed by atoms with E-state index in [4.69, 9.17) is 27.2 Å². The van der Waals surface area contributed by atoms with Gasteiger partial charge in [0.05, 0.1) is 0 Å². The van der Waals surface area contributed by atoms with E-state index in [1.807, 2.05) is 0 Å². The Bertz CT molecular complexity index is 942. The summed E-state index contributed by atoms with van der Waals surface area (Å²) in [6, 6.07) is 5.13. The van der Waals surface area contributed by atoms with Crippen molar-refractivity contribution in [3.8, 4) is 11.5 Å². The molecular formula is C17H14BrClF3N3O2. The Labute approximate surface area is 165 Å². The fourth-order valence-corrected chi connectivity index (χ4v) is 3.14. The van der Waals surface area contributed by atoms with Gasteiger partial charge in [-0.2, -0.15) is 0 Å². The quantitative estimate of drug-likeness (QED) is 0.474. The molecular weight excluding hydrogens is 451 g/mol. The average Bonchev–Trinajstić information content (AvgIpc) is 3.35. The minimum atomic E-state index is -4.82. The van der Waals surface area contributed by atoms with Crippen molar-refractivity contribution in [3.05, 3.63) is 52.1 Å². The summed E-state index contributed by atoms with van der Waals surface area (Å²) in [4.78, 5) is 0. The van der Waals surface area contributed by atoms with Crippen molar-refractivity contribution >= 4 is 32.3 Å². The van der Waals surface area contributed by atoms with Crippen LogP contribution in [0.2, 0.25) is 5.02 Å². The number of pyridine rings is 1. The lowest BCUT2D eigenvalue weighted by atomic mass is 10.1. The third-order valence-electron chi connectivity index (χ3n) is 3.91. The fourth-order valence-electron chi connectivity index (χ4n) is 2.63. The van der Waals surface area contributed by atoms with Gasteiger partial charge in [0.15, 0.2) is 4.74 Å². The lowest BCUT2D eigenvalue weighted by Crippen LogP contribution is -2.24. The molecule has 10 heteroatoms. The normalized spacial score (nSPS) is 14.1. The van der Waals surface area contributed by atoms with Crippen LogP contribution in [0.1, 0.15) is 29.9 Å². The monoisotopic (exact) mass is 463 g/mol. The van der Waals surface area contributed by atoms with Crippen LogP contribution >= 0.6 is 27.5 Å². The molecule has 3 rings (SSSR count). The maximum Gasteiger partial charge on any atom is 0.573 e. The number of halogens is 5. The molecule has 0 aliphatic heterocycles. The van der Waals surface area contributed by atoms with Crippen LogP contribution in [0.5, 0.6) is 11.5 Å². The summed E-state index contributed by atoms with van der Waals surface area (Å²) in [5, 5.41) is 15.7.